The Kier molecular flexibility index (Phi) is 5.01. The lowest BCUT2D eigenvalue weighted by atomic mass is 10.2. The zero-order chi connectivity index (χ0) is 13.8. The van der Waals surface area contributed by atoms with Crippen LogP contribution < -0.4 is 10.1 Å². The van der Waals surface area contributed by atoms with E-state index in [2.05, 4.69) is 21.2 Å². The van der Waals surface area contributed by atoms with Crippen LogP contribution in [0.1, 0.15) is 12.5 Å². The molecule has 0 spiro atoms. The lowest BCUT2D eigenvalue weighted by molar-refractivity contribution is -0.137. The fourth-order valence-electron chi connectivity index (χ4n) is 1.19. The van der Waals surface area contributed by atoms with Gasteiger partial charge < -0.3 is 10.1 Å². The van der Waals surface area contributed by atoms with Crippen molar-refractivity contribution in [3.05, 3.63) is 28.2 Å². The van der Waals surface area contributed by atoms with Gasteiger partial charge in [-0.1, -0.05) is 0 Å². The third kappa shape index (κ3) is 4.21. The van der Waals surface area contributed by atoms with Crippen LogP contribution in [0.15, 0.2) is 22.7 Å². The summed E-state index contributed by atoms with van der Waals surface area (Å²) in [5, 5.41) is 2.51. The number of hydrogen-bond donors (Lipinski definition) is 1. The number of rotatable bonds is 4. The lowest BCUT2D eigenvalue weighted by Gasteiger charge is -2.11. The number of nitrogens with one attached hydrogen (secondary N) is 1. The standard InChI is InChI=1S/C11H11BrF3NO2/c1-2-16-10(17)6-18-9-4-3-7(5-8(9)12)11(13,14)15/h3-5H,2,6H2,1H3,(H,16,17). The monoisotopic (exact) mass is 325 g/mol. The number of ether oxygens (including phenoxy) is 1. The van der Waals surface area contributed by atoms with Crippen molar-refractivity contribution in [3.63, 3.8) is 0 Å². The Morgan fingerprint density at radius 2 is 2.11 bits per heavy atom. The fourth-order valence-corrected chi connectivity index (χ4v) is 1.68. The first-order valence-corrected chi connectivity index (χ1v) is 5.90. The lowest BCUT2D eigenvalue weighted by Crippen LogP contribution is -2.28. The van der Waals surface area contributed by atoms with Crippen molar-refractivity contribution in [1.82, 2.24) is 5.32 Å². The molecule has 0 saturated carbocycles. The third-order valence-corrected chi connectivity index (χ3v) is 2.61. The zero-order valence-electron chi connectivity index (χ0n) is 9.47. The summed E-state index contributed by atoms with van der Waals surface area (Å²) in [6, 6.07) is 2.98. The summed E-state index contributed by atoms with van der Waals surface area (Å²) in [5.41, 5.74) is -0.778. The summed E-state index contributed by atoms with van der Waals surface area (Å²) in [6.45, 7) is 1.99. The maximum atomic E-state index is 12.4. The Morgan fingerprint density at radius 3 is 2.61 bits per heavy atom. The van der Waals surface area contributed by atoms with E-state index in [9.17, 15) is 18.0 Å². The number of hydrogen-bond acceptors (Lipinski definition) is 2. The van der Waals surface area contributed by atoms with E-state index in [-0.39, 0.29) is 22.7 Å². The number of benzene rings is 1. The van der Waals surface area contributed by atoms with Crippen LogP contribution in [-0.2, 0) is 11.0 Å². The van der Waals surface area contributed by atoms with Crippen LogP contribution in [0, 0.1) is 0 Å². The maximum absolute atomic E-state index is 12.4. The highest BCUT2D eigenvalue weighted by Crippen LogP contribution is 2.34. The summed E-state index contributed by atoms with van der Waals surface area (Å²) >= 11 is 2.97. The molecule has 1 N–H and O–H groups in total. The Hall–Kier alpha value is -1.24. The van der Waals surface area contributed by atoms with Crippen LogP contribution in [0.25, 0.3) is 0 Å². The quantitative estimate of drug-likeness (QED) is 0.924. The Morgan fingerprint density at radius 1 is 1.44 bits per heavy atom. The molecule has 0 atom stereocenters. The second-order valence-corrected chi connectivity index (χ2v) is 4.24. The molecule has 1 aromatic rings. The van der Waals surface area contributed by atoms with Crippen LogP contribution in [0.2, 0.25) is 0 Å². The molecule has 0 fully saturated rings. The van der Waals surface area contributed by atoms with Crippen molar-refractivity contribution in [3.8, 4) is 5.75 Å². The summed E-state index contributed by atoms with van der Waals surface area (Å²) < 4.78 is 42.4. The van der Waals surface area contributed by atoms with Gasteiger partial charge in [0.1, 0.15) is 5.75 Å². The minimum atomic E-state index is -4.40. The van der Waals surface area contributed by atoms with Crippen molar-refractivity contribution < 1.29 is 22.7 Å². The van der Waals surface area contributed by atoms with Crippen molar-refractivity contribution >= 4 is 21.8 Å². The molecule has 100 valence electrons. The average molecular weight is 326 g/mol. The van der Waals surface area contributed by atoms with E-state index in [1.54, 1.807) is 6.92 Å². The average Bonchev–Trinajstić information content (AvgIpc) is 2.26. The highest BCUT2D eigenvalue weighted by Gasteiger charge is 2.30. The minimum Gasteiger partial charge on any atom is -0.483 e. The summed E-state index contributed by atoms with van der Waals surface area (Å²) in [4.78, 5) is 11.1. The Bertz CT molecular complexity index is 435. The van der Waals surface area contributed by atoms with Gasteiger partial charge in [0.2, 0.25) is 0 Å². The highest BCUT2D eigenvalue weighted by molar-refractivity contribution is 9.10. The van der Waals surface area contributed by atoms with Gasteiger partial charge in [0.25, 0.3) is 5.91 Å². The molecule has 0 aromatic heterocycles. The molecule has 0 saturated heterocycles. The molecule has 0 aliphatic rings. The number of amides is 1. The molecule has 3 nitrogen and oxygen atoms in total. The van der Waals surface area contributed by atoms with Gasteiger partial charge in [0.05, 0.1) is 10.0 Å². The van der Waals surface area contributed by atoms with Crippen molar-refractivity contribution in [1.29, 1.82) is 0 Å². The van der Waals surface area contributed by atoms with Crippen LogP contribution in [0.5, 0.6) is 5.75 Å². The van der Waals surface area contributed by atoms with E-state index in [1.807, 2.05) is 0 Å². The topological polar surface area (TPSA) is 38.3 Å². The number of likely N-dealkylation sites (N-methyl/N-ethyl adjacent to an activating group) is 1. The molecule has 0 aliphatic carbocycles. The molecule has 1 rings (SSSR count). The van der Waals surface area contributed by atoms with Gasteiger partial charge >= 0.3 is 6.18 Å². The molecule has 1 amide bonds. The number of carbonyl (C=O) groups is 1. The highest BCUT2D eigenvalue weighted by atomic mass is 79.9. The van der Waals surface area contributed by atoms with Gasteiger partial charge in [-0.05, 0) is 41.1 Å². The molecule has 7 heteroatoms. The van der Waals surface area contributed by atoms with E-state index in [0.717, 1.165) is 12.1 Å². The smallest absolute Gasteiger partial charge is 0.416 e. The van der Waals surface area contributed by atoms with Gasteiger partial charge in [-0.15, -0.1) is 0 Å². The van der Waals surface area contributed by atoms with E-state index in [4.69, 9.17) is 4.74 Å². The number of carbonyl (C=O) groups excluding carboxylic acids is 1. The van der Waals surface area contributed by atoms with Crippen LogP contribution in [-0.4, -0.2) is 19.1 Å². The predicted molar refractivity (Wildman–Crippen MR) is 63.3 cm³/mol. The van der Waals surface area contributed by atoms with E-state index in [1.165, 1.54) is 6.07 Å². The Balaban J connectivity index is 2.72. The summed E-state index contributed by atoms with van der Waals surface area (Å²) in [5.74, 6) is -0.140. The van der Waals surface area contributed by atoms with Gasteiger partial charge in [0.15, 0.2) is 6.61 Å². The van der Waals surface area contributed by atoms with Gasteiger partial charge in [-0.3, -0.25) is 4.79 Å². The van der Waals surface area contributed by atoms with E-state index < -0.39 is 11.7 Å². The van der Waals surface area contributed by atoms with Crippen molar-refractivity contribution in [2.24, 2.45) is 0 Å². The fraction of sp³-hybridized carbons (Fsp3) is 0.364. The van der Waals surface area contributed by atoms with Crippen LogP contribution in [0.3, 0.4) is 0 Å². The normalized spacial score (nSPS) is 11.2. The van der Waals surface area contributed by atoms with E-state index in [0.29, 0.717) is 6.54 Å². The molecule has 18 heavy (non-hydrogen) atoms. The third-order valence-electron chi connectivity index (χ3n) is 1.99. The number of halogens is 4. The molecule has 0 bridgehead atoms. The summed E-state index contributed by atoms with van der Waals surface area (Å²) in [7, 11) is 0. The second-order valence-electron chi connectivity index (χ2n) is 3.39. The first-order chi connectivity index (χ1) is 8.34. The molecule has 0 aliphatic heterocycles. The van der Waals surface area contributed by atoms with Crippen LogP contribution in [0.4, 0.5) is 13.2 Å². The molecule has 1 aromatic carbocycles. The molecule has 0 unspecified atom stereocenters. The first-order valence-electron chi connectivity index (χ1n) is 5.11. The first kappa shape index (κ1) is 14.8. The molecule has 0 radical (unpaired) electrons. The SMILES string of the molecule is CCNC(=O)COc1ccc(C(F)(F)F)cc1Br. The molecular weight excluding hydrogens is 315 g/mol. The van der Waals surface area contributed by atoms with Crippen molar-refractivity contribution in [2.75, 3.05) is 13.2 Å². The second kappa shape index (κ2) is 6.08. The predicted octanol–water partition coefficient (Wildman–Crippen LogP) is 2.98. The maximum Gasteiger partial charge on any atom is 0.416 e. The van der Waals surface area contributed by atoms with E-state index >= 15 is 0 Å². The van der Waals surface area contributed by atoms with Gasteiger partial charge in [-0.2, -0.15) is 13.2 Å². The van der Waals surface area contributed by atoms with Crippen molar-refractivity contribution in [2.45, 2.75) is 13.1 Å². The van der Waals surface area contributed by atoms with Crippen LogP contribution >= 0.6 is 15.9 Å². The Labute approximate surface area is 110 Å². The number of alkyl halides is 3. The van der Waals surface area contributed by atoms with Gasteiger partial charge in [-0.25, -0.2) is 0 Å². The largest absolute Gasteiger partial charge is 0.483 e. The summed E-state index contributed by atoms with van der Waals surface area (Å²) in [6.07, 6.45) is -4.40. The minimum absolute atomic E-state index is 0.154. The molecular formula is C11H11BrF3NO2. The zero-order valence-corrected chi connectivity index (χ0v) is 11.1. The van der Waals surface area contributed by atoms with Gasteiger partial charge in [0, 0.05) is 6.54 Å². The molecule has 0 heterocycles.